The number of amides is 2. The van der Waals surface area contributed by atoms with Gasteiger partial charge >= 0.3 is 24.1 Å². The van der Waals surface area contributed by atoms with Crippen molar-refractivity contribution in [2.75, 3.05) is 11.9 Å². The van der Waals surface area contributed by atoms with Crippen molar-refractivity contribution in [2.45, 2.75) is 110 Å². The molecular formula is C38H48N4O9Si. The highest BCUT2D eigenvalue weighted by molar-refractivity contribution is 6.19. The lowest BCUT2D eigenvalue weighted by Gasteiger charge is -2.44. The van der Waals surface area contributed by atoms with Gasteiger partial charge in [-0.1, -0.05) is 13.0 Å². The zero-order chi connectivity index (χ0) is 38.4. The van der Waals surface area contributed by atoms with Gasteiger partial charge in [0.2, 0.25) is 5.60 Å². The van der Waals surface area contributed by atoms with E-state index in [4.69, 9.17) is 23.9 Å². The zero-order valence-corrected chi connectivity index (χ0v) is 33.6. The summed E-state index contributed by atoms with van der Waals surface area (Å²) in [7, 11) is 0.250. The van der Waals surface area contributed by atoms with Crippen molar-refractivity contribution in [1.82, 2.24) is 14.9 Å². The Morgan fingerprint density at radius 2 is 1.71 bits per heavy atom. The smallest absolute Gasteiger partial charge is 0.412 e. The molecule has 1 aromatic carbocycles. The third-order valence-electron chi connectivity index (χ3n) is 9.15. The molecule has 14 heteroatoms. The van der Waals surface area contributed by atoms with E-state index in [2.05, 4.69) is 10.6 Å². The molecule has 2 aromatic heterocycles. The largest absolute Gasteiger partial charge is 0.452 e. The van der Waals surface area contributed by atoms with Crippen molar-refractivity contribution in [2.24, 2.45) is 0 Å². The minimum atomic E-state index is -1.89. The number of carbonyl (C=O) groups excluding carboxylic acids is 4. The van der Waals surface area contributed by atoms with E-state index in [9.17, 15) is 24.0 Å². The highest BCUT2D eigenvalue weighted by Gasteiger charge is 2.57. The predicted octanol–water partition coefficient (Wildman–Crippen LogP) is 5.27. The fourth-order valence-electron chi connectivity index (χ4n) is 6.48. The van der Waals surface area contributed by atoms with Crippen LogP contribution in [0, 0.1) is 0 Å². The maximum atomic E-state index is 14.6. The van der Waals surface area contributed by atoms with Gasteiger partial charge < -0.3 is 28.8 Å². The van der Waals surface area contributed by atoms with Gasteiger partial charge in [0, 0.05) is 35.2 Å². The van der Waals surface area contributed by atoms with Gasteiger partial charge in [-0.05, 0) is 104 Å². The molecule has 2 N–H and O–H groups in total. The normalized spacial score (nSPS) is 19.6. The number of cyclic esters (lactones) is 1. The van der Waals surface area contributed by atoms with Crippen molar-refractivity contribution in [1.29, 1.82) is 0 Å². The SMILES string of the molecule is CC=C(C)C1([SiH3])OC(=O)C(CC)(OC(=O)CCCNC(=O)OC(C)(C)C)c2cc3n(c(=O)c21)Cc1cc2cc(NC(=O)OC(C)(C)C)ccc2nc1-3. The first-order valence-electron chi connectivity index (χ1n) is 17.5. The number of hydrogen-bond acceptors (Lipinski definition) is 10. The van der Waals surface area contributed by atoms with Gasteiger partial charge in [-0.25, -0.2) is 19.4 Å². The number of pyridine rings is 2. The molecule has 0 fully saturated rings. The Morgan fingerprint density at radius 3 is 2.35 bits per heavy atom. The fraction of sp³-hybridized carbons (Fsp3) is 0.474. The van der Waals surface area contributed by atoms with Crippen LogP contribution in [-0.4, -0.2) is 61.7 Å². The second-order valence-electron chi connectivity index (χ2n) is 15.3. The van der Waals surface area contributed by atoms with Gasteiger partial charge in [0.05, 0.1) is 39.3 Å². The van der Waals surface area contributed by atoms with E-state index >= 15 is 0 Å². The molecule has 0 bridgehead atoms. The number of fused-ring (bicyclic) bond motifs is 5. The number of ether oxygens (including phenoxy) is 4. The summed E-state index contributed by atoms with van der Waals surface area (Å²) in [6.07, 6.45) is 0.770. The number of hydrogen-bond donors (Lipinski definition) is 2. The van der Waals surface area contributed by atoms with E-state index in [1.807, 2.05) is 26.0 Å². The Hall–Kier alpha value is -4.98. The van der Waals surface area contributed by atoms with Crippen molar-refractivity contribution in [3.63, 3.8) is 0 Å². The lowest BCUT2D eigenvalue weighted by atomic mass is 9.81. The molecule has 0 saturated heterocycles. The lowest BCUT2D eigenvalue weighted by molar-refractivity contribution is -0.194. The maximum Gasteiger partial charge on any atom is 0.412 e. The maximum absolute atomic E-state index is 14.6. The van der Waals surface area contributed by atoms with Crippen LogP contribution in [-0.2, 0) is 45.9 Å². The number of nitrogens with zero attached hydrogens (tertiary/aromatic N) is 2. The third kappa shape index (κ3) is 7.48. The Labute approximate surface area is 305 Å². The summed E-state index contributed by atoms with van der Waals surface area (Å²) in [5, 5.41) is 4.82. The summed E-state index contributed by atoms with van der Waals surface area (Å²) in [6, 6.07) is 8.95. The van der Waals surface area contributed by atoms with Gasteiger partial charge in [0.25, 0.3) is 5.56 Å². The molecule has 2 atom stereocenters. The molecular weight excluding hydrogens is 685 g/mol. The van der Waals surface area contributed by atoms with Crippen LogP contribution in [0.2, 0.25) is 0 Å². The molecule has 4 heterocycles. The van der Waals surface area contributed by atoms with Crippen LogP contribution in [0.3, 0.4) is 0 Å². The van der Waals surface area contributed by atoms with Gasteiger partial charge in [0.15, 0.2) is 0 Å². The summed E-state index contributed by atoms with van der Waals surface area (Å²) >= 11 is 0. The van der Waals surface area contributed by atoms with E-state index in [0.29, 0.717) is 28.2 Å². The molecule has 5 rings (SSSR count). The molecule has 0 radical (unpaired) electrons. The molecule has 52 heavy (non-hydrogen) atoms. The number of rotatable bonds is 8. The highest BCUT2D eigenvalue weighted by atomic mass is 28.1. The molecule has 0 saturated carbocycles. The first kappa shape index (κ1) is 38.3. The number of esters is 2. The minimum absolute atomic E-state index is 0.0155. The van der Waals surface area contributed by atoms with Crippen LogP contribution < -0.4 is 16.2 Å². The summed E-state index contributed by atoms with van der Waals surface area (Å²) in [6.45, 7) is 16.3. The van der Waals surface area contributed by atoms with Gasteiger partial charge in [-0.3, -0.25) is 14.9 Å². The van der Waals surface area contributed by atoms with Gasteiger partial charge in [-0.2, -0.15) is 0 Å². The average Bonchev–Trinajstić information content (AvgIpc) is 3.39. The number of allylic oxidation sites excluding steroid dienone is 1. The zero-order valence-electron chi connectivity index (χ0n) is 31.6. The van der Waals surface area contributed by atoms with E-state index in [-0.39, 0.29) is 59.3 Å². The summed E-state index contributed by atoms with van der Waals surface area (Å²) in [5.41, 5.74) is 0.648. The van der Waals surface area contributed by atoms with Crippen LogP contribution in [0.1, 0.15) is 98.3 Å². The Bertz CT molecular complexity index is 2060. The second-order valence-corrected chi connectivity index (χ2v) is 16.7. The van der Waals surface area contributed by atoms with Crippen molar-refractivity contribution in [3.05, 3.63) is 69.0 Å². The summed E-state index contributed by atoms with van der Waals surface area (Å²) < 4.78 is 24.4. The molecule has 2 unspecified atom stereocenters. The topological polar surface area (TPSA) is 164 Å². The van der Waals surface area contributed by atoms with Crippen LogP contribution in [0.4, 0.5) is 15.3 Å². The quantitative estimate of drug-likeness (QED) is 0.0803. The first-order chi connectivity index (χ1) is 24.2. The van der Waals surface area contributed by atoms with Crippen molar-refractivity contribution >= 4 is 51.0 Å². The number of aromatic nitrogens is 2. The van der Waals surface area contributed by atoms with Crippen molar-refractivity contribution in [3.8, 4) is 11.4 Å². The lowest BCUT2D eigenvalue weighted by Crippen LogP contribution is -2.55. The van der Waals surface area contributed by atoms with Gasteiger partial charge in [0.1, 0.15) is 16.4 Å². The third-order valence-corrected chi connectivity index (χ3v) is 10.6. The predicted molar refractivity (Wildman–Crippen MR) is 199 cm³/mol. The van der Waals surface area contributed by atoms with Crippen LogP contribution >= 0.6 is 0 Å². The highest BCUT2D eigenvalue weighted by Crippen LogP contribution is 2.47. The Balaban J connectivity index is 1.52. The molecule has 0 aliphatic carbocycles. The Kier molecular flexibility index (Phi) is 10.2. The molecule has 13 nitrogen and oxygen atoms in total. The number of anilines is 1. The van der Waals surface area contributed by atoms with E-state index in [1.165, 1.54) is 0 Å². The monoisotopic (exact) mass is 732 g/mol. The number of nitrogens with one attached hydrogen (secondary N) is 2. The van der Waals surface area contributed by atoms with E-state index in [0.717, 1.165) is 10.9 Å². The number of alkyl carbamates (subject to hydrolysis) is 1. The Morgan fingerprint density at radius 1 is 1.04 bits per heavy atom. The van der Waals surface area contributed by atoms with Gasteiger partial charge in [-0.15, -0.1) is 0 Å². The van der Waals surface area contributed by atoms with Crippen LogP contribution in [0.15, 0.2) is 46.8 Å². The second kappa shape index (κ2) is 13.9. The van der Waals surface area contributed by atoms with Crippen LogP contribution in [0.25, 0.3) is 22.3 Å². The molecule has 3 aromatic rings. The standard InChI is InChI=1S/C38H48N4O9Si/c1-10-21(3)38(52)29-25(37(11-2,32(45)49-38)48-28(43)13-12-16-39-33(46)50-35(4,5)6)19-27-30-23(20-42(27)31(29)44)17-22-18-24(14-15-26(22)41-30)40-34(47)51-36(7,8)9/h10,14-15,17-19H,11-13,16,20H2,1-9,52H3,(H,39,46)(H,40,47). The first-order valence-corrected chi connectivity index (χ1v) is 18.5. The molecule has 2 aliphatic rings. The molecule has 0 spiro atoms. The van der Waals surface area contributed by atoms with E-state index in [1.54, 1.807) is 77.3 Å². The molecule has 278 valence electrons. The molecule has 2 aliphatic heterocycles. The fourth-order valence-corrected chi connectivity index (χ4v) is 7.44. The average molecular weight is 733 g/mol. The van der Waals surface area contributed by atoms with Crippen molar-refractivity contribution < 1.29 is 38.1 Å². The number of benzene rings is 1. The minimum Gasteiger partial charge on any atom is -0.452 e. The summed E-state index contributed by atoms with van der Waals surface area (Å²) in [4.78, 5) is 71.5. The van der Waals surface area contributed by atoms with Crippen LogP contribution in [0.5, 0.6) is 0 Å². The molecule has 2 amide bonds. The number of carbonyl (C=O) groups is 4. The van der Waals surface area contributed by atoms with E-state index < -0.39 is 46.2 Å². The summed E-state index contributed by atoms with van der Waals surface area (Å²) in [5.74, 6) is -1.43.